The van der Waals surface area contributed by atoms with Gasteiger partial charge in [0, 0.05) is 5.02 Å². The molecule has 0 saturated carbocycles. The first kappa shape index (κ1) is 26.8. The van der Waals surface area contributed by atoms with Crippen molar-refractivity contribution < 1.29 is 28.6 Å². The molecule has 0 aromatic heterocycles. The number of benzene rings is 3. The average Bonchev–Trinajstić information content (AvgIpc) is 3.16. The maximum absolute atomic E-state index is 12.9. The van der Waals surface area contributed by atoms with E-state index in [1.54, 1.807) is 48.5 Å². The summed E-state index contributed by atoms with van der Waals surface area (Å²) < 4.78 is 16.5. The fourth-order valence-corrected chi connectivity index (χ4v) is 4.06. The first-order valence-electron chi connectivity index (χ1n) is 11.3. The van der Waals surface area contributed by atoms with Gasteiger partial charge in [-0.1, -0.05) is 47.5 Å². The van der Waals surface area contributed by atoms with Gasteiger partial charge in [-0.15, -0.1) is 0 Å². The summed E-state index contributed by atoms with van der Waals surface area (Å²) >= 11 is 12.4. The molecule has 4 rings (SSSR count). The second-order valence-corrected chi connectivity index (χ2v) is 8.92. The van der Waals surface area contributed by atoms with Crippen molar-refractivity contribution in [2.45, 2.75) is 6.61 Å². The zero-order valence-corrected chi connectivity index (χ0v) is 21.9. The molecule has 1 heterocycles. The topological polar surface area (TPSA) is 106 Å². The van der Waals surface area contributed by atoms with Crippen LogP contribution in [0.5, 0.6) is 17.2 Å². The number of carbonyl (C=O) groups excluding carboxylic acids is 3. The predicted molar refractivity (Wildman–Crippen MR) is 144 cm³/mol. The van der Waals surface area contributed by atoms with Crippen LogP contribution in [-0.2, 0) is 16.2 Å². The van der Waals surface area contributed by atoms with Gasteiger partial charge in [0.05, 0.1) is 24.9 Å². The lowest BCUT2D eigenvalue weighted by Gasteiger charge is -2.14. The second kappa shape index (κ2) is 11.9. The number of methoxy groups -OCH3 is 2. The van der Waals surface area contributed by atoms with Crippen LogP contribution in [0.15, 0.2) is 66.4 Å². The summed E-state index contributed by atoms with van der Waals surface area (Å²) in [4.78, 5) is 38.7. The van der Waals surface area contributed by atoms with Gasteiger partial charge in [-0.3, -0.25) is 9.59 Å². The third-order valence-corrected chi connectivity index (χ3v) is 6.04. The molecule has 11 heteroatoms. The standard InChI is InChI=1S/C27H23Cl2N3O6/c1-36-22-6-4-3-5-20(22)30-24(33)14-32-26(34)21(31-27(32)35)12-17-11-19(29)25(23(13-17)37-2)38-15-16-7-9-18(28)10-8-16/h3-13H,14-15H2,1-2H3,(H,30,33)(H,31,35)/b21-12+. The minimum Gasteiger partial charge on any atom is -0.495 e. The predicted octanol–water partition coefficient (Wildman–Crippen LogP) is 5.12. The molecule has 0 radical (unpaired) electrons. The number of hydrogen-bond acceptors (Lipinski definition) is 6. The summed E-state index contributed by atoms with van der Waals surface area (Å²) in [5, 5.41) is 5.98. The molecule has 2 N–H and O–H groups in total. The van der Waals surface area contributed by atoms with Gasteiger partial charge < -0.3 is 24.8 Å². The molecule has 4 amide bonds. The number of imide groups is 1. The third kappa shape index (κ3) is 6.19. The minimum atomic E-state index is -0.725. The molecule has 3 aromatic rings. The number of nitrogens with one attached hydrogen (secondary N) is 2. The van der Waals surface area contributed by atoms with E-state index < -0.39 is 24.4 Å². The quantitative estimate of drug-likeness (QED) is 0.280. The maximum atomic E-state index is 12.9. The Hall–Kier alpha value is -4.21. The lowest BCUT2D eigenvalue weighted by molar-refractivity contribution is -0.127. The van der Waals surface area contributed by atoms with Crippen LogP contribution < -0.4 is 24.8 Å². The lowest BCUT2D eigenvalue weighted by Crippen LogP contribution is -2.38. The Morgan fingerprint density at radius 2 is 1.71 bits per heavy atom. The van der Waals surface area contributed by atoms with Gasteiger partial charge in [0.1, 0.15) is 24.6 Å². The average molecular weight is 556 g/mol. The number of amides is 4. The van der Waals surface area contributed by atoms with Crippen molar-refractivity contribution in [1.82, 2.24) is 10.2 Å². The van der Waals surface area contributed by atoms with E-state index in [0.29, 0.717) is 33.5 Å². The van der Waals surface area contributed by atoms with Crippen molar-refractivity contribution in [3.05, 3.63) is 87.5 Å². The van der Waals surface area contributed by atoms with Gasteiger partial charge in [0.25, 0.3) is 5.91 Å². The molecule has 0 bridgehead atoms. The highest BCUT2D eigenvalue weighted by molar-refractivity contribution is 6.32. The van der Waals surface area contributed by atoms with Crippen molar-refractivity contribution in [2.24, 2.45) is 0 Å². The van der Waals surface area contributed by atoms with Crippen LogP contribution in [0.3, 0.4) is 0 Å². The van der Waals surface area contributed by atoms with E-state index in [1.165, 1.54) is 20.3 Å². The van der Waals surface area contributed by atoms with Crippen molar-refractivity contribution in [1.29, 1.82) is 0 Å². The van der Waals surface area contributed by atoms with Crippen LogP contribution in [0.2, 0.25) is 10.0 Å². The molecular formula is C27H23Cl2N3O6. The summed E-state index contributed by atoms with van der Waals surface area (Å²) in [5.74, 6) is -0.120. The number of urea groups is 1. The highest BCUT2D eigenvalue weighted by Crippen LogP contribution is 2.37. The molecular weight excluding hydrogens is 533 g/mol. The Bertz CT molecular complexity index is 1410. The number of ether oxygens (including phenoxy) is 3. The molecule has 1 aliphatic rings. The monoisotopic (exact) mass is 555 g/mol. The second-order valence-electron chi connectivity index (χ2n) is 8.08. The molecule has 196 valence electrons. The molecule has 1 aliphatic heterocycles. The summed E-state index contributed by atoms with van der Waals surface area (Å²) in [6, 6.07) is 16.4. The van der Waals surface area contributed by atoms with Crippen molar-refractivity contribution >= 4 is 52.8 Å². The normalized spacial score (nSPS) is 13.9. The molecule has 3 aromatic carbocycles. The highest BCUT2D eigenvalue weighted by atomic mass is 35.5. The van der Waals surface area contributed by atoms with E-state index in [0.717, 1.165) is 10.5 Å². The van der Waals surface area contributed by atoms with Gasteiger partial charge in [0.15, 0.2) is 11.5 Å². The van der Waals surface area contributed by atoms with Crippen molar-refractivity contribution in [2.75, 3.05) is 26.1 Å². The first-order valence-corrected chi connectivity index (χ1v) is 12.1. The fourth-order valence-electron chi connectivity index (χ4n) is 3.66. The summed E-state index contributed by atoms with van der Waals surface area (Å²) in [6.07, 6.45) is 1.44. The fraction of sp³-hybridized carbons (Fsp3) is 0.148. The summed E-state index contributed by atoms with van der Waals surface area (Å²) in [7, 11) is 2.93. The SMILES string of the molecule is COc1ccccc1NC(=O)CN1C(=O)N/C(=C/c2cc(Cl)c(OCc3ccc(Cl)cc3)c(OC)c2)C1=O. The lowest BCUT2D eigenvalue weighted by atomic mass is 10.1. The molecule has 0 unspecified atom stereocenters. The summed E-state index contributed by atoms with van der Waals surface area (Å²) in [5.41, 5.74) is 1.76. The number of para-hydroxylation sites is 2. The van der Waals surface area contributed by atoms with Gasteiger partial charge in [-0.25, -0.2) is 9.69 Å². The van der Waals surface area contributed by atoms with E-state index in [2.05, 4.69) is 10.6 Å². The zero-order valence-electron chi connectivity index (χ0n) is 20.4. The Morgan fingerprint density at radius 3 is 2.42 bits per heavy atom. The summed E-state index contributed by atoms with van der Waals surface area (Å²) in [6.45, 7) is -0.254. The van der Waals surface area contributed by atoms with Crippen LogP contribution in [-0.4, -0.2) is 43.5 Å². The van der Waals surface area contributed by atoms with Gasteiger partial charge >= 0.3 is 6.03 Å². The Balaban J connectivity index is 1.47. The van der Waals surface area contributed by atoms with E-state index in [4.69, 9.17) is 37.4 Å². The number of carbonyl (C=O) groups is 3. The molecule has 9 nitrogen and oxygen atoms in total. The van der Waals surface area contributed by atoms with Crippen LogP contribution >= 0.6 is 23.2 Å². The molecule has 38 heavy (non-hydrogen) atoms. The van der Waals surface area contributed by atoms with Gasteiger partial charge in [0.2, 0.25) is 5.91 Å². The highest BCUT2D eigenvalue weighted by Gasteiger charge is 2.35. The smallest absolute Gasteiger partial charge is 0.329 e. The molecule has 1 fully saturated rings. The van der Waals surface area contributed by atoms with Gasteiger partial charge in [-0.05, 0) is 53.6 Å². The van der Waals surface area contributed by atoms with Crippen LogP contribution in [0.4, 0.5) is 10.5 Å². The zero-order chi connectivity index (χ0) is 27.2. The molecule has 0 spiro atoms. The van der Waals surface area contributed by atoms with Crippen LogP contribution in [0, 0.1) is 0 Å². The Kier molecular flexibility index (Phi) is 8.40. The Morgan fingerprint density at radius 1 is 1.00 bits per heavy atom. The number of rotatable bonds is 9. The number of anilines is 1. The molecule has 0 aliphatic carbocycles. The van der Waals surface area contributed by atoms with E-state index in [-0.39, 0.29) is 17.3 Å². The maximum Gasteiger partial charge on any atom is 0.329 e. The van der Waals surface area contributed by atoms with E-state index >= 15 is 0 Å². The number of hydrogen-bond donors (Lipinski definition) is 2. The molecule has 0 atom stereocenters. The Labute approximate surface area is 228 Å². The van der Waals surface area contributed by atoms with Crippen molar-refractivity contribution in [3.63, 3.8) is 0 Å². The van der Waals surface area contributed by atoms with Crippen LogP contribution in [0.1, 0.15) is 11.1 Å². The van der Waals surface area contributed by atoms with Gasteiger partial charge in [-0.2, -0.15) is 0 Å². The third-order valence-electron chi connectivity index (χ3n) is 5.50. The van der Waals surface area contributed by atoms with Crippen molar-refractivity contribution in [3.8, 4) is 17.2 Å². The van der Waals surface area contributed by atoms with Crippen LogP contribution in [0.25, 0.3) is 6.08 Å². The molecule has 1 saturated heterocycles. The first-order chi connectivity index (χ1) is 18.3. The largest absolute Gasteiger partial charge is 0.495 e. The van der Waals surface area contributed by atoms with E-state index in [1.807, 2.05) is 12.1 Å². The minimum absolute atomic E-state index is 0.0203. The van der Waals surface area contributed by atoms with E-state index in [9.17, 15) is 14.4 Å². The number of halogens is 2. The number of nitrogens with zero attached hydrogens (tertiary/aromatic N) is 1.